The highest BCUT2D eigenvalue weighted by Gasteiger charge is 2.53. The van der Waals surface area contributed by atoms with Gasteiger partial charge in [-0.15, -0.1) is 0 Å². The number of nitrogens with zero attached hydrogens (tertiary/aromatic N) is 3. The summed E-state index contributed by atoms with van der Waals surface area (Å²) in [5.41, 5.74) is -5.56. The molecular formula is C42H74FN5O17. The van der Waals surface area contributed by atoms with Crippen LogP contribution in [0.3, 0.4) is 0 Å². The normalized spacial score (nSPS) is 30.0. The first-order valence-electron chi connectivity index (χ1n) is 21.8. The van der Waals surface area contributed by atoms with Gasteiger partial charge in [-0.05, 0) is 116 Å². The molecule has 1 saturated carbocycles. The van der Waals surface area contributed by atoms with Crippen LogP contribution in [-0.2, 0) is 38.0 Å². The molecule has 2 saturated heterocycles. The lowest BCUT2D eigenvalue weighted by molar-refractivity contribution is -0.346. The van der Waals surface area contributed by atoms with Crippen molar-refractivity contribution in [3.8, 4) is 0 Å². The Morgan fingerprint density at radius 2 is 1.29 bits per heavy atom. The molecule has 2 heterocycles. The van der Waals surface area contributed by atoms with E-state index < -0.39 is 139 Å². The highest BCUT2D eigenvalue weighted by atomic mass is 19.1. The van der Waals surface area contributed by atoms with Gasteiger partial charge in [0, 0.05) is 7.05 Å². The lowest BCUT2D eigenvalue weighted by Crippen LogP contribution is -2.68. The molecule has 0 aromatic carbocycles. The van der Waals surface area contributed by atoms with Crippen LogP contribution in [0.2, 0.25) is 0 Å². The van der Waals surface area contributed by atoms with Crippen LogP contribution in [0.15, 0.2) is 0 Å². The summed E-state index contributed by atoms with van der Waals surface area (Å²) in [5, 5.41) is 50.8. The standard InChI is InChI=1S/C42H74FN5O17/c1-38(2,3)61-33(51)44-25-16-15-24(21-47(18-17-43)37(56)64-41(10,11)12)59-31(25)60-29-26(45-34(52)62-39(4,5)6)19-23(20-27(29)49)48(35(53)54)65-32-28(50)30(42(13,57)22-58-32)46(14)36(55)63-40(7,8)9/h23-32,49-50,57H,15-22H2,1-14H3,(H,44,51)(H,45,52)(H,53,54)/t23?,24-,25+,26-,27-,28+,29+,30+,31+,32+,42-/m0/s1. The van der Waals surface area contributed by atoms with E-state index in [0.29, 0.717) is 5.06 Å². The fourth-order valence-electron chi connectivity index (χ4n) is 7.52. The number of hydrogen-bond acceptors (Lipinski definition) is 16. The molecule has 3 aliphatic rings. The Labute approximate surface area is 380 Å². The van der Waals surface area contributed by atoms with Crippen LogP contribution in [0, 0.1) is 0 Å². The predicted molar refractivity (Wildman–Crippen MR) is 227 cm³/mol. The Bertz CT molecular complexity index is 1630. The van der Waals surface area contributed by atoms with Crippen LogP contribution in [0.4, 0.5) is 28.4 Å². The second kappa shape index (κ2) is 21.7. The highest BCUT2D eigenvalue weighted by molar-refractivity contribution is 5.70. The topological polar surface area (TPSA) is 274 Å². The number of hydrogen-bond donors (Lipinski definition) is 6. The van der Waals surface area contributed by atoms with Gasteiger partial charge in [-0.2, -0.15) is 5.06 Å². The minimum Gasteiger partial charge on any atom is -0.463 e. The van der Waals surface area contributed by atoms with Crippen molar-refractivity contribution in [1.82, 2.24) is 25.5 Å². The molecule has 376 valence electrons. The summed E-state index contributed by atoms with van der Waals surface area (Å²) < 4.78 is 54.0. The van der Waals surface area contributed by atoms with Gasteiger partial charge in [-0.25, -0.2) is 33.2 Å². The van der Waals surface area contributed by atoms with Crippen LogP contribution in [0.25, 0.3) is 0 Å². The number of rotatable bonds is 12. The molecule has 6 N–H and O–H groups in total. The van der Waals surface area contributed by atoms with Gasteiger partial charge < -0.3 is 74.0 Å². The summed E-state index contributed by atoms with van der Waals surface area (Å²) in [4.78, 5) is 73.3. The zero-order valence-electron chi connectivity index (χ0n) is 40.2. The summed E-state index contributed by atoms with van der Waals surface area (Å²) in [5.74, 6) is 0. The third kappa shape index (κ3) is 17.3. The summed E-state index contributed by atoms with van der Waals surface area (Å²) in [6, 6.07) is -4.89. The molecule has 22 nitrogen and oxygen atoms in total. The van der Waals surface area contributed by atoms with Gasteiger partial charge in [-0.3, -0.25) is 0 Å². The molecular weight excluding hydrogens is 865 g/mol. The molecule has 0 aromatic heterocycles. The molecule has 2 aliphatic heterocycles. The van der Waals surface area contributed by atoms with E-state index in [2.05, 4.69) is 10.6 Å². The minimum atomic E-state index is -1.86. The van der Waals surface area contributed by atoms with Crippen molar-refractivity contribution < 1.29 is 86.8 Å². The van der Waals surface area contributed by atoms with E-state index in [-0.39, 0.29) is 32.4 Å². The van der Waals surface area contributed by atoms with Crippen LogP contribution < -0.4 is 10.6 Å². The summed E-state index contributed by atoms with van der Waals surface area (Å²) >= 11 is 0. The number of aliphatic hydroxyl groups is 3. The van der Waals surface area contributed by atoms with E-state index in [1.165, 1.54) is 14.0 Å². The van der Waals surface area contributed by atoms with Crippen molar-refractivity contribution in [1.29, 1.82) is 0 Å². The number of halogens is 1. The smallest absolute Gasteiger partial charge is 0.431 e. The number of aliphatic hydroxyl groups excluding tert-OH is 2. The number of carbonyl (C=O) groups excluding carboxylic acids is 4. The summed E-state index contributed by atoms with van der Waals surface area (Å²) in [6.45, 7) is 19.2. The molecule has 11 atom stereocenters. The Morgan fingerprint density at radius 1 is 0.769 bits per heavy atom. The van der Waals surface area contributed by atoms with Gasteiger partial charge in [0.05, 0.1) is 56.1 Å². The number of alkyl halides is 1. The quantitative estimate of drug-likeness (QED) is 0.119. The third-order valence-electron chi connectivity index (χ3n) is 10.0. The fraction of sp³-hybridized carbons (Fsp3) is 0.881. The minimum absolute atomic E-state index is 0.142. The first-order valence-corrected chi connectivity index (χ1v) is 21.8. The molecule has 0 spiro atoms. The number of alkyl carbamates (subject to hydrolysis) is 2. The molecule has 3 rings (SSSR count). The zero-order valence-corrected chi connectivity index (χ0v) is 40.2. The van der Waals surface area contributed by atoms with Gasteiger partial charge >= 0.3 is 30.5 Å². The molecule has 3 fully saturated rings. The summed E-state index contributed by atoms with van der Waals surface area (Å²) in [7, 11) is 1.28. The first-order chi connectivity index (χ1) is 29.6. The first kappa shape index (κ1) is 55.3. The van der Waals surface area contributed by atoms with Gasteiger partial charge in [0.2, 0.25) is 6.29 Å². The van der Waals surface area contributed by atoms with E-state index in [1.54, 1.807) is 83.1 Å². The largest absolute Gasteiger partial charge is 0.463 e. The van der Waals surface area contributed by atoms with Crippen LogP contribution in [-0.4, -0.2) is 188 Å². The van der Waals surface area contributed by atoms with Gasteiger partial charge in [0.1, 0.15) is 46.9 Å². The lowest BCUT2D eigenvalue weighted by Gasteiger charge is -2.49. The van der Waals surface area contributed by atoms with Crippen LogP contribution in [0.1, 0.15) is 116 Å². The van der Waals surface area contributed by atoms with Crippen molar-refractivity contribution in [2.75, 3.05) is 33.4 Å². The maximum atomic E-state index is 13.7. The Kier molecular flexibility index (Phi) is 18.5. The van der Waals surface area contributed by atoms with Crippen LogP contribution in [0.5, 0.6) is 0 Å². The second-order valence-electron chi connectivity index (χ2n) is 20.9. The average Bonchev–Trinajstić information content (AvgIpc) is 3.10. The number of amides is 5. The molecule has 1 unspecified atom stereocenters. The molecule has 1 aliphatic carbocycles. The monoisotopic (exact) mass is 940 g/mol. The van der Waals surface area contributed by atoms with Crippen molar-refractivity contribution in [2.45, 2.75) is 205 Å². The Balaban J connectivity index is 1.97. The molecule has 0 radical (unpaired) electrons. The number of ether oxygens (including phenoxy) is 7. The van der Waals surface area contributed by atoms with E-state index in [9.17, 15) is 48.8 Å². The van der Waals surface area contributed by atoms with Gasteiger partial charge in [0.15, 0.2) is 6.29 Å². The Morgan fingerprint density at radius 3 is 1.80 bits per heavy atom. The molecule has 0 bridgehead atoms. The maximum absolute atomic E-state index is 13.7. The Hall–Kier alpha value is -4.00. The van der Waals surface area contributed by atoms with Gasteiger partial charge in [-0.1, -0.05) is 0 Å². The number of carboxylic acid groups (broad SMARTS) is 1. The third-order valence-corrected chi connectivity index (χ3v) is 10.0. The molecule has 65 heavy (non-hydrogen) atoms. The molecule has 5 amide bonds. The van der Waals surface area contributed by atoms with Crippen molar-refractivity contribution in [2.24, 2.45) is 0 Å². The summed E-state index contributed by atoms with van der Waals surface area (Å²) in [6.07, 6.45) is -14.2. The molecule has 23 heteroatoms. The van der Waals surface area contributed by atoms with Crippen molar-refractivity contribution >= 4 is 30.5 Å². The highest BCUT2D eigenvalue weighted by Crippen LogP contribution is 2.34. The van der Waals surface area contributed by atoms with Crippen molar-refractivity contribution in [3.63, 3.8) is 0 Å². The zero-order chi connectivity index (χ0) is 49.6. The van der Waals surface area contributed by atoms with E-state index >= 15 is 0 Å². The lowest BCUT2D eigenvalue weighted by atomic mass is 9.85. The fourth-order valence-corrected chi connectivity index (χ4v) is 7.52. The number of hydroxylamine groups is 2. The van der Waals surface area contributed by atoms with E-state index in [4.69, 9.17) is 38.0 Å². The number of nitrogens with one attached hydrogen (secondary N) is 2. The van der Waals surface area contributed by atoms with Crippen molar-refractivity contribution in [3.05, 3.63) is 0 Å². The number of likely N-dealkylation sites (N-methyl/N-ethyl adjacent to an activating group) is 1. The SMILES string of the molecule is CN(C(=O)OC(C)(C)C)[C@@H]1[C@@H](O)[C@@H](ON(C(=O)O)C2C[C@H](NC(=O)OC(C)(C)C)[C@@H](O[C@H]3O[C@H](CN(CCF)C(=O)OC(C)(C)C)CC[C@H]3NC(=O)OC(C)(C)C)[C@@H](O)C2)OC[C@]1(C)O. The average molecular weight is 940 g/mol. The molecule has 0 aromatic rings. The predicted octanol–water partition coefficient (Wildman–Crippen LogP) is 4.01. The van der Waals surface area contributed by atoms with Crippen LogP contribution >= 0.6 is 0 Å². The van der Waals surface area contributed by atoms with Gasteiger partial charge in [0.25, 0.3) is 0 Å². The van der Waals surface area contributed by atoms with E-state index in [0.717, 1.165) is 9.80 Å². The second-order valence-corrected chi connectivity index (χ2v) is 20.9. The maximum Gasteiger partial charge on any atom is 0.431 e. The number of carbonyl (C=O) groups is 5. The van der Waals surface area contributed by atoms with E-state index in [1.807, 2.05) is 0 Å².